The van der Waals surface area contributed by atoms with Crippen LogP contribution in [0.1, 0.15) is 36.7 Å². The third-order valence-corrected chi connectivity index (χ3v) is 5.48. The second-order valence-electron chi connectivity index (χ2n) is 6.90. The molecule has 0 radical (unpaired) electrons. The van der Waals surface area contributed by atoms with Gasteiger partial charge in [0.25, 0.3) is 0 Å². The van der Waals surface area contributed by atoms with Crippen molar-refractivity contribution in [1.82, 2.24) is 20.3 Å². The van der Waals surface area contributed by atoms with Crippen LogP contribution in [-0.4, -0.2) is 34.2 Å². The summed E-state index contributed by atoms with van der Waals surface area (Å²) in [6, 6.07) is 12.8. The first-order valence-corrected chi connectivity index (χ1v) is 8.92. The smallest absolute Gasteiger partial charge is 0.115 e. The van der Waals surface area contributed by atoms with E-state index < -0.39 is 0 Å². The first-order valence-electron chi connectivity index (χ1n) is 8.92. The molecule has 1 saturated heterocycles. The van der Waals surface area contributed by atoms with Crippen LogP contribution in [0.4, 0.5) is 0 Å². The number of phenols is 1. The lowest BCUT2D eigenvalue weighted by Gasteiger charge is -2.38. The zero-order valence-corrected chi connectivity index (χ0v) is 14.2. The number of nitrogens with zero attached hydrogens (tertiary/aromatic N) is 2. The highest BCUT2D eigenvalue weighted by Crippen LogP contribution is 2.33. The Bertz CT molecular complexity index is 681. The SMILES string of the molecule is CCC1c2cccn2CCN1CC1CNNC1c1ccc(O)cc1. The summed E-state index contributed by atoms with van der Waals surface area (Å²) in [4.78, 5) is 2.64. The van der Waals surface area contributed by atoms with Gasteiger partial charge in [-0.25, -0.2) is 5.43 Å². The summed E-state index contributed by atoms with van der Waals surface area (Å²) in [5.74, 6) is 0.842. The number of benzene rings is 1. The summed E-state index contributed by atoms with van der Waals surface area (Å²) in [5, 5.41) is 9.52. The van der Waals surface area contributed by atoms with E-state index in [2.05, 4.69) is 45.6 Å². The molecular formula is C19H26N4O. The Hall–Kier alpha value is -1.82. The van der Waals surface area contributed by atoms with Crippen LogP contribution in [0.3, 0.4) is 0 Å². The second-order valence-corrected chi connectivity index (χ2v) is 6.90. The predicted octanol–water partition coefficient (Wildman–Crippen LogP) is 2.43. The van der Waals surface area contributed by atoms with E-state index in [1.165, 1.54) is 11.3 Å². The van der Waals surface area contributed by atoms with Gasteiger partial charge in [0.2, 0.25) is 0 Å². The van der Waals surface area contributed by atoms with Crippen molar-refractivity contribution in [1.29, 1.82) is 0 Å². The predicted molar refractivity (Wildman–Crippen MR) is 94.5 cm³/mol. The molecule has 3 heterocycles. The molecule has 3 atom stereocenters. The fourth-order valence-electron chi connectivity index (χ4n) is 4.24. The molecule has 4 rings (SSSR count). The number of rotatable bonds is 4. The van der Waals surface area contributed by atoms with Gasteiger partial charge in [-0.15, -0.1) is 0 Å². The van der Waals surface area contributed by atoms with Crippen molar-refractivity contribution >= 4 is 0 Å². The zero-order valence-electron chi connectivity index (χ0n) is 14.2. The van der Waals surface area contributed by atoms with Gasteiger partial charge in [0, 0.05) is 50.0 Å². The molecule has 24 heavy (non-hydrogen) atoms. The third kappa shape index (κ3) is 2.83. The molecule has 2 aliphatic heterocycles. The summed E-state index contributed by atoms with van der Waals surface area (Å²) in [6.07, 6.45) is 3.34. The van der Waals surface area contributed by atoms with Gasteiger partial charge in [0.05, 0.1) is 6.04 Å². The van der Waals surface area contributed by atoms with Gasteiger partial charge in [-0.3, -0.25) is 10.3 Å². The molecule has 1 fully saturated rings. The molecule has 1 aromatic carbocycles. The molecule has 2 aromatic rings. The average Bonchev–Trinajstić information content (AvgIpc) is 3.24. The zero-order chi connectivity index (χ0) is 16.5. The lowest BCUT2D eigenvalue weighted by molar-refractivity contribution is 0.127. The monoisotopic (exact) mass is 326 g/mol. The minimum Gasteiger partial charge on any atom is -0.508 e. The van der Waals surface area contributed by atoms with Gasteiger partial charge in [0.15, 0.2) is 0 Å². The number of hydrogen-bond donors (Lipinski definition) is 3. The molecule has 128 valence electrons. The maximum atomic E-state index is 9.52. The van der Waals surface area contributed by atoms with Crippen LogP contribution in [0.15, 0.2) is 42.6 Å². The van der Waals surface area contributed by atoms with Crippen molar-refractivity contribution < 1.29 is 5.11 Å². The summed E-state index contributed by atoms with van der Waals surface area (Å²) < 4.78 is 2.40. The van der Waals surface area contributed by atoms with E-state index in [1.54, 1.807) is 12.1 Å². The number of hydrogen-bond acceptors (Lipinski definition) is 4. The summed E-state index contributed by atoms with van der Waals surface area (Å²) in [6.45, 7) is 6.52. The number of fused-ring (bicyclic) bond motifs is 1. The molecule has 5 heteroatoms. The summed E-state index contributed by atoms with van der Waals surface area (Å²) in [7, 11) is 0. The van der Waals surface area contributed by atoms with E-state index in [0.717, 1.165) is 32.6 Å². The first-order chi connectivity index (χ1) is 11.8. The van der Waals surface area contributed by atoms with E-state index in [1.807, 2.05) is 12.1 Å². The quantitative estimate of drug-likeness (QED) is 0.808. The molecular weight excluding hydrogens is 300 g/mol. The van der Waals surface area contributed by atoms with Gasteiger partial charge in [-0.05, 0) is 36.2 Å². The Morgan fingerprint density at radius 2 is 2.00 bits per heavy atom. The first kappa shape index (κ1) is 15.7. The number of nitrogens with one attached hydrogen (secondary N) is 2. The van der Waals surface area contributed by atoms with Gasteiger partial charge in [0.1, 0.15) is 5.75 Å². The Morgan fingerprint density at radius 3 is 2.79 bits per heavy atom. The van der Waals surface area contributed by atoms with Crippen molar-refractivity contribution in [2.75, 3.05) is 19.6 Å². The van der Waals surface area contributed by atoms with Gasteiger partial charge in [-0.1, -0.05) is 19.1 Å². The van der Waals surface area contributed by atoms with Gasteiger partial charge in [-0.2, -0.15) is 0 Å². The molecule has 0 aliphatic carbocycles. The second kappa shape index (κ2) is 6.59. The Morgan fingerprint density at radius 1 is 1.17 bits per heavy atom. The lowest BCUT2D eigenvalue weighted by Crippen LogP contribution is -2.41. The normalized spacial score (nSPS) is 27.3. The van der Waals surface area contributed by atoms with E-state index >= 15 is 0 Å². The molecule has 0 amide bonds. The highest BCUT2D eigenvalue weighted by atomic mass is 16.3. The molecule has 3 N–H and O–H groups in total. The van der Waals surface area contributed by atoms with Crippen molar-refractivity contribution in [2.24, 2.45) is 5.92 Å². The van der Waals surface area contributed by atoms with Crippen LogP contribution in [0.2, 0.25) is 0 Å². The lowest BCUT2D eigenvalue weighted by atomic mass is 9.93. The standard InChI is InChI=1S/C19H26N4O/c1-2-17-18-4-3-9-22(18)10-11-23(17)13-15-12-20-21-19(15)14-5-7-16(24)8-6-14/h3-9,15,17,19-21,24H,2,10-13H2,1H3. The van der Waals surface area contributed by atoms with E-state index in [4.69, 9.17) is 0 Å². The van der Waals surface area contributed by atoms with E-state index in [9.17, 15) is 5.11 Å². The minimum absolute atomic E-state index is 0.289. The maximum Gasteiger partial charge on any atom is 0.115 e. The van der Waals surface area contributed by atoms with Gasteiger partial charge >= 0.3 is 0 Å². The molecule has 0 spiro atoms. The average molecular weight is 326 g/mol. The largest absolute Gasteiger partial charge is 0.508 e. The fourth-order valence-corrected chi connectivity index (χ4v) is 4.24. The number of hydrazine groups is 1. The highest BCUT2D eigenvalue weighted by Gasteiger charge is 2.33. The van der Waals surface area contributed by atoms with Crippen LogP contribution in [0.25, 0.3) is 0 Å². The third-order valence-electron chi connectivity index (χ3n) is 5.48. The van der Waals surface area contributed by atoms with E-state index in [-0.39, 0.29) is 6.04 Å². The molecule has 3 unspecified atom stereocenters. The van der Waals surface area contributed by atoms with Crippen molar-refractivity contribution in [3.8, 4) is 5.75 Å². The summed E-state index contributed by atoms with van der Waals surface area (Å²) >= 11 is 0. The molecule has 2 aliphatic rings. The fraction of sp³-hybridized carbons (Fsp3) is 0.474. The Balaban J connectivity index is 1.51. The molecule has 5 nitrogen and oxygen atoms in total. The Kier molecular flexibility index (Phi) is 4.31. The van der Waals surface area contributed by atoms with Crippen LogP contribution in [-0.2, 0) is 6.54 Å². The van der Waals surface area contributed by atoms with Crippen LogP contribution < -0.4 is 10.9 Å². The number of aromatic nitrogens is 1. The number of phenolic OH excluding ortho intramolecular Hbond substituents is 1. The van der Waals surface area contributed by atoms with Crippen LogP contribution >= 0.6 is 0 Å². The van der Waals surface area contributed by atoms with Crippen LogP contribution in [0, 0.1) is 5.92 Å². The minimum atomic E-state index is 0.289. The molecule has 0 bridgehead atoms. The molecule has 0 saturated carbocycles. The van der Waals surface area contributed by atoms with Crippen LogP contribution in [0.5, 0.6) is 5.75 Å². The van der Waals surface area contributed by atoms with E-state index in [0.29, 0.717) is 17.7 Å². The number of aromatic hydroxyl groups is 1. The highest BCUT2D eigenvalue weighted by molar-refractivity contribution is 5.29. The maximum absolute atomic E-state index is 9.52. The summed E-state index contributed by atoms with van der Waals surface area (Å²) in [5.41, 5.74) is 9.42. The van der Waals surface area contributed by atoms with Crippen molar-refractivity contribution in [3.05, 3.63) is 53.9 Å². The topological polar surface area (TPSA) is 52.5 Å². The van der Waals surface area contributed by atoms with Crippen molar-refractivity contribution in [2.45, 2.75) is 32.0 Å². The van der Waals surface area contributed by atoms with Crippen molar-refractivity contribution in [3.63, 3.8) is 0 Å². The Labute approximate surface area is 143 Å². The molecule has 1 aromatic heterocycles. The van der Waals surface area contributed by atoms with Gasteiger partial charge < -0.3 is 9.67 Å².